The first-order chi connectivity index (χ1) is 24.3. The van der Waals surface area contributed by atoms with Crippen molar-refractivity contribution in [1.29, 1.82) is 0 Å². The van der Waals surface area contributed by atoms with E-state index in [2.05, 4.69) is 70.8 Å². The number of hydrogen-bond donors (Lipinski definition) is 4. The zero-order valence-electron chi connectivity index (χ0n) is 29.0. The van der Waals surface area contributed by atoms with Crippen molar-refractivity contribution in [2.75, 3.05) is 13.2 Å². The van der Waals surface area contributed by atoms with E-state index in [0.29, 0.717) is 19.4 Å². The normalized spacial score (nSPS) is 24.4. The number of rotatable bonds is 21. The fraction of sp³-hybridized carbons (Fsp3) is 0.571. The van der Waals surface area contributed by atoms with Crippen LogP contribution in [0.4, 0.5) is 0 Å². The highest BCUT2D eigenvalue weighted by Gasteiger charge is 2.48. The van der Waals surface area contributed by atoms with Gasteiger partial charge in [0.15, 0.2) is 6.29 Å². The van der Waals surface area contributed by atoms with Crippen LogP contribution in [0.15, 0.2) is 59.6 Å². The van der Waals surface area contributed by atoms with E-state index < -0.39 is 58.8 Å². The van der Waals surface area contributed by atoms with Gasteiger partial charge in [0.1, 0.15) is 24.4 Å². The molecule has 0 amide bonds. The zero-order chi connectivity index (χ0) is 37.0. The van der Waals surface area contributed by atoms with Crippen LogP contribution < -0.4 is 10.00 Å². The van der Waals surface area contributed by atoms with E-state index in [-0.39, 0.29) is 12.7 Å². The third-order valence-electron chi connectivity index (χ3n) is 8.77. The van der Waals surface area contributed by atoms with E-state index >= 15 is 0 Å². The van der Waals surface area contributed by atoms with Crippen LogP contribution in [0.1, 0.15) is 77.2 Å². The summed E-state index contributed by atoms with van der Waals surface area (Å²) in [6.07, 6.45) is 1.20. The molecule has 4 N–H and O–H groups in total. The van der Waals surface area contributed by atoms with Crippen LogP contribution in [-0.2, 0) is 38.6 Å². The maximum atomic E-state index is 12.4. The van der Waals surface area contributed by atoms with Gasteiger partial charge in [-0.1, -0.05) is 93.5 Å². The molecule has 0 spiro atoms. The maximum absolute atomic E-state index is 12.4. The summed E-state index contributed by atoms with van der Waals surface area (Å²) >= 11 is 0. The van der Waals surface area contributed by atoms with Crippen molar-refractivity contribution < 1.29 is 62.2 Å². The van der Waals surface area contributed by atoms with E-state index in [9.17, 15) is 39.3 Å². The van der Waals surface area contributed by atoms with Gasteiger partial charge in [-0.3, -0.25) is 14.1 Å². The Labute approximate surface area is 298 Å². The second-order valence-corrected chi connectivity index (χ2v) is 15.8. The molecule has 16 heteroatoms. The molecule has 8 atom stereocenters. The van der Waals surface area contributed by atoms with Crippen molar-refractivity contribution in [1.82, 2.24) is 0 Å². The predicted octanol–water partition coefficient (Wildman–Crippen LogP) is 4.61. The van der Waals surface area contributed by atoms with Gasteiger partial charge in [0.25, 0.3) is 7.82 Å². The summed E-state index contributed by atoms with van der Waals surface area (Å²) in [5.41, 5.74) is 1.22. The lowest BCUT2D eigenvalue weighted by molar-refractivity contribution is -0.250. The van der Waals surface area contributed by atoms with E-state index in [4.69, 9.17) is 18.5 Å². The molecule has 3 aromatic carbocycles. The van der Waals surface area contributed by atoms with Gasteiger partial charge in [-0.05, 0) is 65.8 Å². The zero-order valence-corrected chi connectivity index (χ0v) is 30.7. The van der Waals surface area contributed by atoms with Crippen LogP contribution in [0, 0.1) is 0 Å². The number of benzene rings is 3. The largest absolute Gasteiger partial charge is 0.862 e. The van der Waals surface area contributed by atoms with E-state index in [1.54, 1.807) is 0 Å². The second-order valence-electron chi connectivity index (χ2n) is 12.8. The molecule has 1 aliphatic heterocycles. The number of aliphatic hydroxyl groups is 3. The molecule has 0 saturated carbocycles. The van der Waals surface area contributed by atoms with Gasteiger partial charge in [0.2, 0.25) is 0 Å². The van der Waals surface area contributed by atoms with Crippen molar-refractivity contribution >= 4 is 43.1 Å². The number of aliphatic hydroxyl groups excluding tert-OH is 3. The number of fused-ring (bicyclic) bond motifs is 2. The molecule has 1 heterocycles. The van der Waals surface area contributed by atoms with Crippen LogP contribution in [-0.4, -0.2) is 76.1 Å². The standard InChI is InChI=1S/C35H51NO13P2/c1-24(45-23-30-28-18-12-10-16-26(28)21-27-17-11-13-19-29(27)30)15-9-7-5-3-4-6-8-14-20-46-50(41,42)49-51(43,44)48-35-32(36-25(2)38)34(40)33(39)31(22-37)47-35/h10-13,16-19,21,24,31-35,37,39-40H,3-9,14-15,20,22-23H2,1-2H3,(H,36,38)(H,41,42)(H,43,44)/p-2/t24?,31-,32-,33+,34-,35-/m1/s1. The minimum atomic E-state index is -5.45. The molecule has 1 aliphatic rings. The molecule has 0 radical (unpaired) electrons. The number of ether oxygens (including phenoxy) is 2. The summed E-state index contributed by atoms with van der Waals surface area (Å²) in [6.45, 7) is 2.58. The molecule has 0 aliphatic carbocycles. The van der Waals surface area contributed by atoms with Crippen molar-refractivity contribution in [2.24, 2.45) is 4.99 Å². The highest BCUT2D eigenvalue weighted by molar-refractivity contribution is 7.60. The van der Waals surface area contributed by atoms with Gasteiger partial charge in [-0.2, -0.15) is 0 Å². The molecule has 0 bridgehead atoms. The first-order valence-electron chi connectivity index (χ1n) is 17.3. The Kier molecular flexibility index (Phi) is 16.0. The van der Waals surface area contributed by atoms with Gasteiger partial charge >= 0.3 is 7.82 Å². The SMILES string of the molecule is CC([O-])=N[C@H]1[C@@H](OP(=O)(O)OP(=O)([O-])OCCCCCCCCCCC(C)OCc2c3ccccc3cc3ccccc23)O[C@H](CO)[C@H](O)[C@@H]1O. The Morgan fingerprint density at radius 3 is 2.08 bits per heavy atom. The maximum Gasteiger partial charge on any atom is 0.481 e. The van der Waals surface area contributed by atoms with Crippen molar-refractivity contribution in [3.63, 3.8) is 0 Å². The number of nitrogens with zero attached hydrogens (tertiary/aromatic N) is 1. The third-order valence-corrected chi connectivity index (χ3v) is 11.4. The highest BCUT2D eigenvalue weighted by Crippen LogP contribution is 2.59. The van der Waals surface area contributed by atoms with Crippen LogP contribution in [0.2, 0.25) is 0 Å². The molecule has 0 aromatic heterocycles. The van der Waals surface area contributed by atoms with Crippen molar-refractivity contribution in [3.05, 3.63) is 60.2 Å². The smallest absolute Gasteiger partial charge is 0.481 e. The van der Waals surface area contributed by atoms with Gasteiger partial charge in [-0.15, -0.1) is 0 Å². The predicted molar refractivity (Wildman–Crippen MR) is 187 cm³/mol. The number of phosphoric acid groups is 2. The lowest BCUT2D eigenvalue weighted by atomic mass is 9.97. The summed E-state index contributed by atoms with van der Waals surface area (Å²) in [7, 11) is -10.8. The first-order valence-corrected chi connectivity index (χ1v) is 20.3. The van der Waals surface area contributed by atoms with Gasteiger partial charge in [0, 0.05) is 0 Å². The molecular formula is C35H49NO13P2-2. The number of aliphatic imine (C=N–C) groups is 1. The van der Waals surface area contributed by atoms with Crippen molar-refractivity contribution in [2.45, 2.75) is 115 Å². The second kappa shape index (κ2) is 19.7. The molecule has 1 fully saturated rings. The lowest BCUT2D eigenvalue weighted by Gasteiger charge is -2.41. The van der Waals surface area contributed by atoms with Crippen LogP contribution in [0.5, 0.6) is 0 Å². The Morgan fingerprint density at radius 2 is 1.49 bits per heavy atom. The summed E-state index contributed by atoms with van der Waals surface area (Å²) in [6, 6.07) is 17.3. The fourth-order valence-corrected chi connectivity index (χ4v) is 8.29. The van der Waals surface area contributed by atoms with Gasteiger partial charge in [-0.25, -0.2) is 8.88 Å². The van der Waals surface area contributed by atoms with Crippen LogP contribution >= 0.6 is 15.6 Å². The summed E-state index contributed by atoms with van der Waals surface area (Å²) < 4.78 is 49.7. The monoisotopic (exact) mass is 753 g/mol. The quantitative estimate of drug-likeness (QED) is 0.0384. The Bertz CT molecular complexity index is 1620. The molecule has 51 heavy (non-hydrogen) atoms. The average molecular weight is 754 g/mol. The Morgan fingerprint density at radius 1 is 0.922 bits per heavy atom. The van der Waals surface area contributed by atoms with Crippen LogP contribution in [0.25, 0.3) is 21.5 Å². The van der Waals surface area contributed by atoms with E-state index in [1.165, 1.54) is 27.1 Å². The summed E-state index contributed by atoms with van der Waals surface area (Å²) in [5, 5.41) is 45.9. The van der Waals surface area contributed by atoms with Crippen molar-refractivity contribution in [3.8, 4) is 0 Å². The third kappa shape index (κ3) is 12.7. The number of hydrogen-bond acceptors (Lipinski definition) is 13. The Balaban J connectivity index is 1.07. The lowest BCUT2D eigenvalue weighted by Crippen LogP contribution is -2.58. The molecule has 284 valence electrons. The average Bonchev–Trinajstić information content (AvgIpc) is 3.07. The highest BCUT2D eigenvalue weighted by atomic mass is 31.3. The summed E-state index contributed by atoms with van der Waals surface area (Å²) in [4.78, 5) is 25.7. The van der Waals surface area contributed by atoms with E-state index in [0.717, 1.165) is 51.9 Å². The minimum absolute atomic E-state index is 0.135. The molecule has 14 nitrogen and oxygen atoms in total. The Hall–Kier alpha value is -2.29. The van der Waals surface area contributed by atoms with Gasteiger partial charge in [0.05, 0.1) is 25.9 Å². The first kappa shape index (κ1) is 41.5. The molecule has 3 unspecified atom stereocenters. The van der Waals surface area contributed by atoms with Gasteiger partial charge < -0.3 is 44.2 Å². The van der Waals surface area contributed by atoms with E-state index in [1.807, 2.05) is 0 Å². The number of phosphoric ester groups is 2. The number of unbranched alkanes of at least 4 members (excludes halogenated alkanes) is 7. The topological polar surface area (TPSA) is 220 Å². The molecule has 1 saturated heterocycles. The molecule has 3 aromatic rings. The fourth-order valence-electron chi connectivity index (χ4n) is 6.15. The summed E-state index contributed by atoms with van der Waals surface area (Å²) in [5.74, 6) is -0.838. The molecular weight excluding hydrogens is 704 g/mol. The molecule has 4 rings (SSSR count). The van der Waals surface area contributed by atoms with Crippen LogP contribution in [0.3, 0.4) is 0 Å². The minimum Gasteiger partial charge on any atom is -0.862 e.